The topological polar surface area (TPSA) is 32.3 Å². The molecular weight excluding hydrogens is 348 g/mol. The minimum absolute atomic E-state index is 0.182. The molecule has 0 saturated carbocycles. The predicted molar refractivity (Wildman–Crippen MR) is 90.7 cm³/mol. The number of amides is 1. The van der Waals surface area contributed by atoms with Crippen molar-refractivity contribution in [3.63, 3.8) is 0 Å². The van der Waals surface area contributed by atoms with E-state index in [-0.39, 0.29) is 12.1 Å². The standard InChI is InChI=1S/C19H20F4N2O/c1-3-25(2)17(13-7-5-4-6-8-13)18(26)24-12-14-9-10-15(20)11-16(14)19(21,22)23/h4-11,17H,3,12H2,1-2H3,(H,24,26). The van der Waals surface area contributed by atoms with Gasteiger partial charge in [-0.1, -0.05) is 43.3 Å². The minimum atomic E-state index is -4.69. The van der Waals surface area contributed by atoms with Crippen LogP contribution in [0.25, 0.3) is 0 Å². The van der Waals surface area contributed by atoms with Gasteiger partial charge in [0.25, 0.3) is 0 Å². The van der Waals surface area contributed by atoms with Crippen molar-refractivity contribution in [2.75, 3.05) is 13.6 Å². The SMILES string of the molecule is CCN(C)C(C(=O)NCc1ccc(F)cc1C(F)(F)F)c1ccccc1. The molecule has 2 rings (SSSR count). The molecule has 0 radical (unpaired) electrons. The summed E-state index contributed by atoms with van der Waals surface area (Å²) >= 11 is 0. The zero-order valence-electron chi connectivity index (χ0n) is 14.5. The molecule has 26 heavy (non-hydrogen) atoms. The maximum atomic E-state index is 13.2. The van der Waals surface area contributed by atoms with E-state index < -0.39 is 29.5 Å². The van der Waals surface area contributed by atoms with Gasteiger partial charge in [-0.05, 0) is 36.9 Å². The van der Waals surface area contributed by atoms with Crippen molar-refractivity contribution in [3.8, 4) is 0 Å². The van der Waals surface area contributed by atoms with Crippen LogP contribution in [0, 0.1) is 5.82 Å². The molecule has 0 aromatic heterocycles. The zero-order valence-corrected chi connectivity index (χ0v) is 14.5. The lowest BCUT2D eigenvalue weighted by Gasteiger charge is -2.26. The summed E-state index contributed by atoms with van der Waals surface area (Å²) < 4.78 is 52.4. The summed E-state index contributed by atoms with van der Waals surface area (Å²) in [4.78, 5) is 14.4. The molecule has 0 aliphatic carbocycles. The number of benzene rings is 2. The molecule has 0 saturated heterocycles. The smallest absolute Gasteiger partial charge is 0.350 e. The number of carbonyl (C=O) groups is 1. The highest BCUT2D eigenvalue weighted by Crippen LogP contribution is 2.32. The van der Waals surface area contributed by atoms with Gasteiger partial charge in [0.1, 0.15) is 11.9 Å². The lowest BCUT2D eigenvalue weighted by Crippen LogP contribution is -2.38. The van der Waals surface area contributed by atoms with Crippen LogP contribution in [0.15, 0.2) is 48.5 Å². The van der Waals surface area contributed by atoms with Crippen LogP contribution in [0.3, 0.4) is 0 Å². The third-order valence-corrected chi connectivity index (χ3v) is 4.13. The number of nitrogens with one attached hydrogen (secondary N) is 1. The Morgan fingerprint density at radius 3 is 2.38 bits per heavy atom. The molecule has 0 spiro atoms. The summed E-state index contributed by atoms with van der Waals surface area (Å²) in [5.74, 6) is -1.39. The van der Waals surface area contributed by atoms with Crippen LogP contribution in [-0.4, -0.2) is 24.4 Å². The highest BCUT2D eigenvalue weighted by Gasteiger charge is 2.34. The number of hydrogen-bond acceptors (Lipinski definition) is 2. The van der Waals surface area contributed by atoms with Crippen LogP contribution < -0.4 is 5.32 Å². The number of hydrogen-bond donors (Lipinski definition) is 1. The average Bonchev–Trinajstić information content (AvgIpc) is 2.60. The lowest BCUT2D eigenvalue weighted by molar-refractivity contribution is -0.138. The second-order valence-electron chi connectivity index (χ2n) is 5.90. The highest BCUT2D eigenvalue weighted by atomic mass is 19.4. The maximum Gasteiger partial charge on any atom is 0.416 e. The number of rotatable bonds is 6. The summed E-state index contributed by atoms with van der Waals surface area (Å²) in [5.41, 5.74) is -0.527. The average molecular weight is 368 g/mol. The Hall–Kier alpha value is -2.41. The quantitative estimate of drug-likeness (QED) is 0.777. The first-order valence-electron chi connectivity index (χ1n) is 8.12. The van der Waals surface area contributed by atoms with Crippen molar-refractivity contribution in [2.45, 2.75) is 25.7 Å². The van der Waals surface area contributed by atoms with Gasteiger partial charge in [0, 0.05) is 6.54 Å². The third kappa shape index (κ3) is 4.82. The van der Waals surface area contributed by atoms with E-state index in [1.54, 1.807) is 36.2 Å². The van der Waals surface area contributed by atoms with Gasteiger partial charge in [0.2, 0.25) is 5.91 Å². The third-order valence-electron chi connectivity index (χ3n) is 4.13. The molecule has 1 atom stereocenters. The summed E-state index contributed by atoms with van der Waals surface area (Å²) in [6, 6.07) is 10.8. The lowest BCUT2D eigenvalue weighted by atomic mass is 10.0. The fourth-order valence-corrected chi connectivity index (χ4v) is 2.67. The molecule has 0 fully saturated rings. The van der Waals surface area contributed by atoms with Crippen LogP contribution in [0.4, 0.5) is 17.6 Å². The molecular formula is C19H20F4N2O. The van der Waals surface area contributed by atoms with Crippen molar-refractivity contribution in [2.24, 2.45) is 0 Å². The van der Waals surface area contributed by atoms with Crippen LogP contribution in [-0.2, 0) is 17.5 Å². The summed E-state index contributed by atoms with van der Waals surface area (Å²) in [6.45, 7) is 2.12. The van der Waals surface area contributed by atoms with Crippen molar-refractivity contribution >= 4 is 5.91 Å². The first kappa shape index (κ1) is 19.9. The molecule has 140 valence electrons. The van der Waals surface area contributed by atoms with Crippen molar-refractivity contribution in [1.82, 2.24) is 10.2 Å². The van der Waals surface area contributed by atoms with E-state index in [0.717, 1.165) is 17.7 Å². The number of halogens is 4. The molecule has 0 aliphatic heterocycles. The fraction of sp³-hybridized carbons (Fsp3) is 0.316. The van der Waals surface area contributed by atoms with Gasteiger partial charge in [0.05, 0.1) is 5.56 Å². The number of nitrogens with zero attached hydrogens (tertiary/aromatic N) is 1. The zero-order chi connectivity index (χ0) is 19.3. The van der Waals surface area contributed by atoms with Crippen molar-refractivity contribution in [3.05, 3.63) is 71.0 Å². The van der Waals surface area contributed by atoms with Crippen LogP contribution in [0.5, 0.6) is 0 Å². The molecule has 0 aliphatic rings. The summed E-state index contributed by atoms with van der Waals surface area (Å²) in [6.07, 6.45) is -4.69. The number of alkyl halides is 3. The van der Waals surface area contributed by atoms with Crippen LogP contribution in [0.1, 0.15) is 29.7 Å². The van der Waals surface area contributed by atoms with Crippen LogP contribution >= 0.6 is 0 Å². The van der Waals surface area contributed by atoms with Gasteiger partial charge in [-0.2, -0.15) is 13.2 Å². The summed E-state index contributed by atoms with van der Waals surface area (Å²) in [7, 11) is 1.76. The molecule has 1 amide bonds. The van der Waals surface area contributed by atoms with Crippen LogP contribution in [0.2, 0.25) is 0 Å². The Morgan fingerprint density at radius 1 is 1.15 bits per heavy atom. The molecule has 1 unspecified atom stereocenters. The Labute approximate surface area is 149 Å². The van der Waals surface area contributed by atoms with E-state index in [2.05, 4.69) is 5.32 Å². The van der Waals surface area contributed by atoms with E-state index in [1.165, 1.54) is 0 Å². The largest absolute Gasteiger partial charge is 0.416 e. The second kappa shape index (κ2) is 8.31. The van der Waals surface area contributed by atoms with E-state index in [4.69, 9.17) is 0 Å². The van der Waals surface area contributed by atoms with E-state index in [1.807, 2.05) is 13.0 Å². The predicted octanol–water partition coefficient (Wildman–Crippen LogP) is 4.15. The minimum Gasteiger partial charge on any atom is -0.350 e. The molecule has 0 heterocycles. The molecule has 3 nitrogen and oxygen atoms in total. The Morgan fingerprint density at radius 2 is 1.81 bits per heavy atom. The fourth-order valence-electron chi connectivity index (χ4n) is 2.67. The monoisotopic (exact) mass is 368 g/mol. The second-order valence-corrected chi connectivity index (χ2v) is 5.90. The Bertz CT molecular complexity index is 747. The van der Waals surface area contributed by atoms with Gasteiger partial charge in [0.15, 0.2) is 0 Å². The van der Waals surface area contributed by atoms with Crippen molar-refractivity contribution in [1.29, 1.82) is 0 Å². The van der Waals surface area contributed by atoms with Gasteiger partial charge in [-0.3, -0.25) is 9.69 Å². The molecule has 2 aromatic carbocycles. The Balaban J connectivity index is 2.21. The molecule has 0 bridgehead atoms. The van der Waals surface area contributed by atoms with Gasteiger partial charge in [-0.25, -0.2) is 4.39 Å². The van der Waals surface area contributed by atoms with Gasteiger partial charge in [-0.15, -0.1) is 0 Å². The normalized spacial score (nSPS) is 12.9. The van der Waals surface area contributed by atoms with Gasteiger partial charge >= 0.3 is 6.18 Å². The van der Waals surface area contributed by atoms with E-state index in [9.17, 15) is 22.4 Å². The van der Waals surface area contributed by atoms with E-state index >= 15 is 0 Å². The molecule has 2 aromatic rings. The maximum absolute atomic E-state index is 13.2. The van der Waals surface area contributed by atoms with Gasteiger partial charge < -0.3 is 5.32 Å². The first-order chi connectivity index (χ1) is 12.2. The van der Waals surface area contributed by atoms with E-state index in [0.29, 0.717) is 12.6 Å². The number of likely N-dealkylation sites (N-methyl/N-ethyl adjacent to an activating group) is 1. The highest BCUT2D eigenvalue weighted by molar-refractivity contribution is 5.83. The van der Waals surface area contributed by atoms with Crippen molar-refractivity contribution < 1.29 is 22.4 Å². The first-order valence-corrected chi connectivity index (χ1v) is 8.12. The molecule has 1 N–H and O–H groups in total. The Kier molecular flexibility index (Phi) is 6.37. The summed E-state index contributed by atoms with van der Waals surface area (Å²) in [5, 5.41) is 2.54. The number of carbonyl (C=O) groups excluding carboxylic acids is 1. The molecule has 7 heteroatoms.